The first-order chi connectivity index (χ1) is 12.6. The summed E-state index contributed by atoms with van der Waals surface area (Å²) in [5.74, 6) is -0.279. The Morgan fingerprint density at radius 2 is 1.81 bits per heavy atom. The number of H-pyrrole nitrogens is 1. The van der Waals surface area contributed by atoms with Gasteiger partial charge in [0, 0.05) is 17.4 Å². The van der Waals surface area contributed by atoms with Gasteiger partial charge in [-0.05, 0) is 35.6 Å². The van der Waals surface area contributed by atoms with Gasteiger partial charge in [0.25, 0.3) is 5.52 Å². The van der Waals surface area contributed by atoms with Crippen molar-refractivity contribution in [3.8, 4) is 0 Å². The summed E-state index contributed by atoms with van der Waals surface area (Å²) in [6.07, 6.45) is 1.53. The first kappa shape index (κ1) is 16.5. The highest BCUT2D eigenvalue weighted by molar-refractivity contribution is 5.95. The van der Waals surface area contributed by atoms with Crippen molar-refractivity contribution in [2.45, 2.75) is 33.2 Å². The number of nitrogens with zero attached hydrogens (tertiary/aromatic N) is 2. The average molecular weight is 350 g/mol. The second-order valence-electron chi connectivity index (χ2n) is 6.48. The number of hydrogen-bond acceptors (Lipinski definition) is 1. The molecule has 26 heavy (non-hydrogen) atoms. The molecule has 0 saturated heterocycles. The fourth-order valence-electron chi connectivity index (χ4n) is 3.77. The Morgan fingerprint density at radius 1 is 1.04 bits per heavy atom. The Bertz CT molecular complexity index is 1160. The van der Waals surface area contributed by atoms with Gasteiger partial charge in [-0.3, -0.25) is 0 Å². The Hall–Kier alpha value is -2.95. The minimum Gasteiger partial charge on any atom is -0.234 e. The summed E-state index contributed by atoms with van der Waals surface area (Å²) in [6.45, 7) is 4.58. The number of aromatic amines is 1. The number of benzene rings is 2. The molecule has 0 radical (unpaired) electrons. The molecule has 0 bridgehead atoms. The molecule has 0 aliphatic carbocycles. The molecule has 0 aliphatic heterocycles. The lowest BCUT2D eigenvalue weighted by molar-refractivity contribution is -0.592. The molecular formula is C21H21FN3O+. The van der Waals surface area contributed by atoms with Crippen LogP contribution in [-0.2, 0) is 19.4 Å². The normalized spacial score (nSPS) is 11.5. The molecule has 0 spiro atoms. The lowest BCUT2D eigenvalue weighted by Crippen LogP contribution is -2.32. The van der Waals surface area contributed by atoms with E-state index in [1.54, 1.807) is 16.8 Å². The molecule has 0 saturated carbocycles. The van der Waals surface area contributed by atoms with Gasteiger partial charge in [-0.1, -0.05) is 49.4 Å². The quantitative estimate of drug-likeness (QED) is 0.563. The highest BCUT2D eigenvalue weighted by atomic mass is 19.1. The van der Waals surface area contributed by atoms with Crippen molar-refractivity contribution >= 4 is 16.3 Å². The van der Waals surface area contributed by atoms with E-state index in [2.05, 4.69) is 19.1 Å². The van der Waals surface area contributed by atoms with Crippen molar-refractivity contribution in [1.82, 2.24) is 9.90 Å². The fourth-order valence-corrected chi connectivity index (χ4v) is 3.77. The average Bonchev–Trinajstić information content (AvgIpc) is 2.97. The first-order valence-electron chi connectivity index (χ1n) is 8.95. The molecule has 0 atom stereocenters. The summed E-state index contributed by atoms with van der Waals surface area (Å²) in [6, 6.07) is 14.5. The molecule has 0 aliphatic rings. The molecule has 5 heteroatoms. The van der Waals surface area contributed by atoms with Gasteiger partial charge in [0.2, 0.25) is 0 Å². The van der Waals surface area contributed by atoms with E-state index in [0.717, 1.165) is 40.4 Å². The van der Waals surface area contributed by atoms with Crippen LogP contribution in [0.4, 0.5) is 4.39 Å². The number of fused-ring (bicyclic) bond motifs is 3. The number of rotatable bonds is 4. The fraction of sp³-hybridized carbons (Fsp3) is 0.238. The molecule has 2 aromatic heterocycles. The maximum atomic E-state index is 13.9. The topological polar surface area (TPSA) is 41.9 Å². The summed E-state index contributed by atoms with van der Waals surface area (Å²) in [4.78, 5) is 13.1. The van der Waals surface area contributed by atoms with Crippen LogP contribution in [0.5, 0.6) is 0 Å². The summed E-state index contributed by atoms with van der Waals surface area (Å²) < 4.78 is 17.4. The Labute approximate surface area is 150 Å². The van der Waals surface area contributed by atoms with E-state index >= 15 is 0 Å². The lowest BCUT2D eigenvalue weighted by Gasteiger charge is -2.08. The van der Waals surface area contributed by atoms with Gasteiger partial charge in [-0.2, -0.15) is 0 Å². The zero-order valence-corrected chi connectivity index (χ0v) is 14.9. The third-order valence-electron chi connectivity index (χ3n) is 4.94. The van der Waals surface area contributed by atoms with E-state index in [0.29, 0.717) is 12.1 Å². The van der Waals surface area contributed by atoms with Gasteiger partial charge in [0.05, 0.1) is 0 Å². The van der Waals surface area contributed by atoms with E-state index in [4.69, 9.17) is 0 Å². The number of pyridine rings is 1. The standard InChI is InChI=1S/C21H20FN3O/c1-3-16-18-12-15(22)10-11-17(18)20-21(26)24(23-25(20)19(16)4-2)13-14-8-6-5-7-9-14/h5-12H,3-4,13H2,1-2H3/p+1. The zero-order chi connectivity index (χ0) is 18.3. The van der Waals surface area contributed by atoms with E-state index in [-0.39, 0.29) is 11.4 Å². The maximum Gasteiger partial charge on any atom is 0.402 e. The number of aromatic nitrogens is 3. The minimum absolute atomic E-state index is 0.0946. The molecule has 0 amide bonds. The van der Waals surface area contributed by atoms with Crippen LogP contribution in [0.25, 0.3) is 16.3 Å². The lowest BCUT2D eigenvalue weighted by atomic mass is 9.99. The van der Waals surface area contributed by atoms with Crippen LogP contribution in [0.1, 0.15) is 30.7 Å². The predicted octanol–water partition coefficient (Wildman–Crippen LogP) is 3.38. The number of halogens is 1. The molecule has 2 aromatic carbocycles. The third-order valence-corrected chi connectivity index (χ3v) is 4.94. The van der Waals surface area contributed by atoms with Gasteiger partial charge < -0.3 is 0 Å². The molecule has 0 unspecified atom stereocenters. The largest absolute Gasteiger partial charge is 0.402 e. The van der Waals surface area contributed by atoms with E-state index in [1.165, 1.54) is 6.07 Å². The molecular weight excluding hydrogens is 329 g/mol. The minimum atomic E-state index is -0.279. The van der Waals surface area contributed by atoms with Crippen LogP contribution in [0.2, 0.25) is 0 Å². The number of hydrogen-bond donors (Lipinski definition) is 1. The molecule has 4 aromatic rings. The van der Waals surface area contributed by atoms with Crippen molar-refractivity contribution in [2.75, 3.05) is 0 Å². The van der Waals surface area contributed by atoms with Crippen LogP contribution < -0.4 is 10.1 Å². The third kappa shape index (κ3) is 2.51. The van der Waals surface area contributed by atoms with Crippen LogP contribution in [-0.4, -0.2) is 9.90 Å². The van der Waals surface area contributed by atoms with Crippen LogP contribution in [0.3, 0.4) is 0 Å². The Morgan fingerprint density at radius 3 is 2.50 bits per heavy atom. The number of aryl methyl sites for hydroxylation is 2. The SMILES string of the molecule is CCc1c(CC)[n+]2[nH]n(Cc3ccccc3)c(=O)c2c2ccc(F)cc12. The number of nitrogens with one attached hydrogen (secondary N) is 1. The predicted molar refractivity (Wildman–Crippen MR) is 100.0 cm³/mol. The smallest absolute Gasteiger partial charge is 0.234 e. The first-order valence-corrected chi connectivity index (χ1v) is 8.95. The zero-order valence-electron chi connectivity index (χ0n) is 14.9. The highest BCUT2D eigenvalue weighted by Crippen LogP contribution is 2.24. The second-order valence-corrected chi connectivity index (χ2v) is 6.48. The summed E-state index contributed by atoms with van der Waals surface area (Å²) >= 11 is 0. The molecule has 2 heterocycles. The van der Waals surface area contributed by atoms with Crippen molar-refractivity contribution in [3.63, 3.8) is 0 Å². The van der Waals surface area contributed by atoms with Crippen molar-refractivity contribution < 1.29 is 8.91 Å². The summed E-state index contributed by atoms with van der Waals surface area (Å²) in [7, 11) is 0. The molecule has 4 nitrogen and oxygen atoms in total. The summed E-state index contributed by atoms with van der Waals surface area (Å²) in [5, 5.41) is 4.85. The van der Waals surface area contributed by atoms with Gasteiger partial charge >= 0.3 is 5.56 Å². The highest BCUT2D eigenvalue weighted by Gasteiger charge is 2.24. The van der Waals surface area contributed by atoms with Gasteiger partial charge in [-0.25, -0.2) is 9.18 Å². The van der Waals surface area contributed by atoms with Crippen LogP contribution in [0.15, 0.2) is 53.3 Å². The van der Waals surface area contributed by atoms with Crippen molar-refractivity contribution in [1.29, 1.82) is 0 Å². The summed E-state index contributed by atoms with van der Waals surface area (Å²) in [5.41, 5.74) is 3.62. The van der Waals surface area contributed by atoms with Crippen molar-refractivity contribution in [3.05, 3.63) is 81.5 Å². The van der Waals surface area contributed by atoms with E-state index < -0.39 is 0 Å². The molecule has 4 rings (SSSR count). The maximum absolute atomic E-state index is 13.9. The van der Waals surface area contributed by atoms with E-state index in [1.807, 2.05) is 34.8 Å². The van der Waals surface area contributed by atoms with Crippen LogP contribution >= 0.6 is 0 Å². The van der Waals surface area contributed by atoms with Crippen LogP contribution in [0, 0.1) is 5.82 Å². The van der Waals surface area contributed by atoms with Gasteiger partial charge in [0.1, 0.15) is 18.1 Å². The monoisotopic (exact) mass is 350 g/mol. The van der Waals surface area contributed by atoms with Crippen molar-refractivity contribution in [2.24, 2.45) is 0 Å². The second kappa shape index (κ2) is 6.41. The molecule has 0 fully saturated rings. The molecule has 1 N–H and O–H groups in total. The van der Waals surface area contributed by atoms with Gasteiger partial charge in [-0.15, -0.1) is 9.20 Å². The van der Waals surface area contributed by atoms with E-state index in [9.17, 15) is 9.18 Å². The Kier molecular flexibility index (Phi) is 4.07. The van der Waals surface area contributed by atoms with Gasteiger partial charge in [0.15, 0.2) is 0 Å². The molecule has 132 valence electrons. The Balaban J connectivity index is 2.06.